The molecular weight excluding hydrogens is 359 g/mol. The van der Waals surface area contributed by atoms with Gasteiger partial charge in [-0.2, -0.15) is 0 Å². The highest BCUT2D eigenvalue weighted by Crippen LogP contribution is 2.30. The van der Waals surface area contributed by atoms with E-state index in [-0.39, 0.29) is 11.3 Å². The van der Waals surface area contributed by atoms with Crippen LogP contribution in [0.25, 0.3) is 0 Å². The van der Waals surface area contributed by atoms with Crippen LogP contribution >= 0.6 is 0 Å². The molecule has 8 nitrogen and oxygen atoms in total. The number of benzene rings is 2. The minimum Gasteiger partial charge on any atom is -0.486 e. The van der Waals surface area contributed by atoms with Crippen LogP contribution in [0.2, 0.25) is 0 Å². The van der Waals surface area contributed by atoms with E-state index in [0.29, 0.717) is 24.7 Å². The molecule has 27 heavy (non-hydrogen) atoms. The minimum atomic E-state index is -0.944. The number of urea groups is 1. The van der Waals surface area contributed by atoms with E-state index in [4.69, 9.17) is 14.2 Å². The lowest BCUT2D eigenvalue weighted by Crippen LogP contribution is -2.37. The molecule has 0 spiro atoms. The number of carbonyl (C=O) groups is 3. The maximum Gasteiger partial charge on any atom is 0.338 e. The zero-order chi connectivity index (χ0) is 19.2. The van der Waals surface area contributed by atoms with Crippen molar-refractivity contribution in [3.63, 3.8) is 0 Å². The molecule has 0 fully saturated rings. The van der Waals surface area contributed by atoms with E-state index in [0.717, 1.165) is 6.07 Å². The minimum absolute atomic E-state index is 0.0870. The number of anilines is 1. The Hall–Kier alpha value is -3.62. The van der Waals surface area contributed by atoms with Crippen LogP contribution in [0.3, 0.4) is 0 Å². The molecule has 0 unspecified atom stereocenters. The molecule has 0 atom stereocenters. The number of hydrogen-bond donors (Lipinski definition) is 2. The topological polar surface area (TPSA) is 103 Å². The quantitative estimate of drug-likeness (QED) is 0.795. The van der Waals surface area contributed by atoms with Crippen molar-refractivity contribution in [2.24, 2.45) is 0 Å². The van der Waals surface area contributed by atoms with E-state index in [1.807, 2.05) is 5.32 Å². The molecule has 0 saturated heterocycles. The molecule has 2 aromatic carbocycles. The largest absolute Gasteiger partial charge is 0.486 e. The number of nitrogens with one attached hydrogen (secondary N) is 2. The number of fused-ring (bicyclic) bond motifs is 1. The highest BCUT2D eigenvalue weighted by molar-refractivity contribution is 6.02. The first kappa shape index (κ1) is 18.2. The van der Waals surface area contributed by atoms with Crippen LogP contribution in [0.15, 0.2) is 42.5 Å². The molecule has 0 aliphatic carbocycles. The number of para-hydroxylation sites is 1. The Morgan fingerprint density at radius 2 is 1.78 bits per heavy atom. The maximum absolute atomic E-state index is 13.4. The number of esters is 1. The molecular formula is C18H15FN2O6. The number of hydrogen-bond acceptors (Lipinski definition) is 6. The van der Waals surface area contributed by atoms with Gasteiger partial charge in [-0.25, -0.2) is 14.0 Å². The molecule has 2 aromatic rings. The van der Waals surface area contributed by atoms with Crippen molar-refractivity contribution in [2.45, 2.75) is 0 Å². The monoisotopic (exact) mass is 374 g/mol. The summed E-state index contributed by atoms with van der Waals surface area (Å²) in [5.74, 6) is -1.36. The summed E-state index contributed by atoms with van der Waals surface area (Å²) >= 11 is 0. The van der Waals surface area contributed by atoms with Crippen molar-refractivity contribution in [2.75, 3.05) is 25.1 Å². The SMILES string of the molecule is O=C(COC(=O)c1ccc2c(c1)OCCO2)NC(=O)Nc1ccccc1F. The summed E-state index contributed by atoms with van der Waals surface area (Å²) in [5.41, 5.74) is 0.0823. The Labute approximate surface area is 153 Å². The third-order valence-corrected chi connectivity index (χ3v) is 3.49. The van der Waals surface area contributed by atoms with Gasteiger partial charge < -0.3 is 19.5 Å². The van der Waals surface area contributed by atoms with E-state index >= 15 is 0 Å². The van der Waals surface area contributed by atoms with Gasteiger partial charge in [-0.1, -0.05) is 12.1 Å². The Balaban J connectivity index is 1.49. The fraction of sp³-hybridized carbons (Fsp3) is 0.167. The molecule has 0 radical (unpaired) electrons. The highest BCUT2D eigenvalue weighted by Gasteiger charge is 2.17. The summed E-state index contributed by atoms with van der Waals surface area (Å²) in [7, 11) is 0. The van der Waals surface area contributed by atoms with Gasteiger partial charge in [-0.3, -0.25) is 10.1 Å². The van der Waals surface area contributed by atoms with E-state index in [1.165, 1.54) is 30.3 Å². The summed E-state index contributed by atoms with van der Waals surface area (Å²) in [6.07, 6.45) is 0. The number of amides is 3. The van der Waals surface area contributed by atoms with Crippen molar-refractivity contribution < 1.29 is 33.0 Å². The van der Waals surface area contributed by atoms with E-state index in [1.54, 1.807) is 6.07 Å². The number of ether oxygens (including phenoxy) is 3. The number of imide groups is 1. The Morgan fingerprint density at radius 3 is 2.56 bits per heavy atom. The molecule has 0 saturated carbocycles. The van der Waals surface area contributed by atoms with Crippen LogP contribution < -0.4 is 20.1 Å². The summed E-state index contributed by atoms with van der Waals surface area (Å²) in [6, 6.07) is 9.01. The Bertz CT molecular complexity index is 886. The maximum atomic E-state index is 13.4. The average molecular weight is 374 g/mol. The fourth-order valence-corrected chi connectivity index (χ4v) is 2.26. The van der Waals surface area contributed by atoms with Crippen molar-refractivity contribution in [3.8, 4) is 11.5 Å². The van der Waals surface area contributed by atoms with Crippen molar-refractivity contribution >= 4 is 23.6 Å². The molecule has 1 aliphatic heterocycles. The zero-order valence-electron chi connectivity index (χ0n) is 14.0. The van der Waals surface area contributed by atoms with Crippen molar-refractivity contribution in [1.82, 2.24) is 5.32 Å². The smallest absolute Gasteiger partial charge is 0.338 e. The third-order valence-electron chi connectivity index (χ3n) is 3.49. The van der Waals surface area contributed by atoms with Gasteiger partial charge in [0.05, 0.1) is 11.3 Å². The van der Waals surface area contributed by atoms with Gasteiger partial charge in [0.2, 0.25) is 0 Å². The normalized spacial score (nSPS) is 12.0. The summed E-state index contributed by atoms with van der Waals surface area (Å²) in [5, 5.41) is 4.11. The van der Waals surface area contributed by atoms with Crippen molar-refractivity contribution in [3.05, 3.63) is 53.8 Å². The standard InChI is InChI=1S/C18H15FN2O6/c19-12-3-1-2-4-13(12)20-18(24)21-16(22)10-27-17(23)11-5-6-14-15(9-11)26-8-7-25-14/h1-6,9H,7-8,10H2,(H2,20,21,22,24). The van der Waals surface area contributed by atoms with Gasteiger partial charge >= 0.3 is 12.0 Å². The predicted octanol–water partition coefficient (Wildman–Crippen LogP) is 2.10. The van der Waals surface area contributed by atoms with E-state index < -0.39 is 30.3 Å². The molecule has 2 N–H and O–H groups in total. The van der Waals surface area contributed by atoms with Crippen molar-refractivity contribution in [1.29, 1.82) is 0 Å². The van der Waals surface area contributed by atoms with Crippen LogP contribution in [0, 0.1) is 5.82 Å². The van der Waals surface area contributed by atoms with Crippen LogP contribution in [-0.2, 0) is 9.53 Å². The first-order valence-corrected chi connectivity index (χ1v) is 7.95. The average Bonchev–Trinajstić information content (AvgIpc) is 2.67. The van der Waals surface area contributed by atoms with Crippen LogP contribution in [0.4, 0.5) is 14.9 Å². The lowest BCUT2D eigenvalue weighted by molar-refractivity contribution is -0.123. The molecule has 3 rings (SSSR count). The van der Waals surface area contributed by atoms with Gasteiger partial charge in [0.15, 0.2) is 18.1 Å². The second-order valence-corrected chi connectivity index (χ2v) is 5.42. The molecule has 1 heterocycles. The number of rotatable bonds is 4. The van der Waals surface area contributed by atoms with Gasteiger partial charge in [0.1, 0.15) is 19.0 Å². The third kappa shape index (κ3) is 4.72. The molecule has 140 valence electrons. The molecule has 0 aromatic heterocycles. The zero-order valence-corrected chi connectivity index (χ0v) is 14.0. The van der Waals surface area contributed by atoms with Gasteiger partial charge in [-0.15, -0.1) is 0 Å². The first-order chi connectivity index (χ1) is 13.0. The summed E-state index contributed by atoms with van der Waals surface area (Å²) in [6.45, 7) is 0.106. The van der Waals surface area contributed by atoms with Crippen LogP contribution in [0.1, 0.15) is 10.4 Å². The summed E-state index contributed by atoms with van der Waals surface area (Å²) in [4.78, 5) is 35.4. The van der Waals surface area contributed by atoms with Gasteiger partial charge in [0, 0.05) is 0 Å². The van der Waals surface area contributed by atoms with Gasteiger partial charge in [0.25, 0.3) is 5.91 Å². The Morgan fingerprint density at radius 1 is 1.04 bits per heavy atom. The van der Waals surface area contributed by atoms with Gasteiger partial charge in [-0.05, 0) is 30.3 Å². The second kappa shape index (κ2) is 8.17. The fourth-order valence-electron chi connectivity index (χ4n) is 2.26. The molecule has 0 bridgehead atoms. The molecule has 1 aliphatic rings. The van der Waals surface area contributed by atoms with Crippen LogP contribution in [-0.4, -0.2) is 37.7 Å². The molecule has 3 amide bonds. The highest BCUT2D eigenvalue weighted by atomic mass is 19.1. The Kier molecular flexibility index (Phi) is 5.50. The van der Waals surface area contributed by atoms with E-state index in [9.17, 15) is 18.8 Å². The lowest BCUT2D eigenvalue weighted by Gasteiger charge is -2.18. The summed E-state index contributed by atoms with van der Waals surface area (Å²) < 4.78 is 29.0. The first-order valence-electron chi connectivity index (χ1n) is 7.95. The number of carbonyl (C=O) groups excluding carboxylic acids is 3. The lowest BCUT2D eigenvalue weighted by atomic mass is 10.2. The molecule has 9 heteroatoms. The predicted molar refractivity (Wildman–Crippen MR) is 91.3 cm³/mol. The number of halogens is 1. The van der Waals surface area contributed by atoms with Crippen LogP contribution in [0.5, 0.6) is 11.5 Å². The van der Waals surface area contributed by atoms with E-state index in [2.05, 4.69) is 5.32 Å². The second-order valence-electron chi connectivity index (χ2n) is 5.42.